The highest BCUT2D eigenvalue weighted by atomic mass is 32.2. The fourth-order valence-corrected chi connectivity index (χ4v) is 6.08. The highest BCUT2D eigenvalue weighted by molar-refractivity contribution is 7.89. The number of fused-ring (bicyclic) bond motifs is 1. The molecule has 176 valence electrons. The van der Waals surface area contributed by atoms with E-state index in [1.807, 2.05) is 30.3 Å². The molecule has 1 heterocycles. The minimum atomic E-state index is -3.62. The number of hydrogen-bond acceptors (Lipinski definition) is 5. The van der Waals surface area contributed by atoms with Crippen LogP contribution in [-0.2, 0) is 16.6 Å². The van der Waals surface area contributed by atoms with Gasteiger partial charge >= 0.3 is 0 Å². The molecule has 6 nitrogen and oxygen atoms in total. The van der Waals surface area contributed by atoms with E-state index in [0.29, 0.717) is 34.0 Å². The highest BCUT2D eigenvalue weighted by Gasteiger charge is 2.25. The normalized spacial score (nSPS) is 11.8. The summed E-state index contributed by atoms with van der Waals surface area (Å²) in [4.78, 5) is 19.8. The van der Waals surface area contributed by atoms with Crippen LogP contribution in [0.3, 0.4) is 0 Å². The first-order chi connectivity index (χ1) is 16.3. The number of hydrogen-bond donors (Lipinski definition) is 0. The molecule has 0 aliphatic carbocycles. The minimum absolute atomic E-state index is 0.137. The van der Waals surface area contributed by atoms with Crippen molar-refractivity contribution in [1.82, 2.24) is 9.29 Å². The third kappa shape index (κ3) is 4.86. The molecule has 1 aromatic heterocycles. The Kier molecular flexibility index (Phi) is 7.06. The van der Waals surface area contributed by atoms with Crippen LogP contribution < -0.4 is 4.90 Å². The monoisotopic (exact) mass is 497 g/mol. The van der Waals surface area contributed by atoms with E-state index in [1.165, 1.54) is 56.9 Å². The van der Waals surface area contributed by atoms with Crippen molar-refractivity contribution in [2.45, 2.75) is 25.3 Å². The molecule has 0 saturated carbocycles. The molecule has 4 rings (SSSR count). The summed E-state index contributed by atoms with van der Waals surface area (Å²) in [6.07, 6.45) is 0. The van der Waals surface area contributed by atoms with Gasteiger partial charge in [0.25, 0.3) is 5.91 Å². The maximum Gasteiger partial charge on any atom is 0.260 e. The van der Waals surface area contributed by atoms with Crippen LogP contribution in [0.15, 0.2) is 77.7 Å². The van der Waals surface area contributed by atoms with Crippen molar-refractivity contribution in [2.75, 3.05) is 18.0 Å². The summed E-state index contributed by atoms with van der Waals surface area (Å²) in [7, 11) is -3.62. The molecular formula is C25H24FN3O3S2. The summed E-state index contributed by atoms with van der Waals surface area (Å²) in [6.45, 7) is 4.56. The zero-order valence-electron chi connectivity index (χ0n) is 18.8. The summed E-state index contributed by atoms with van der Waals surface area (Å²) >= 11 is 1.23. The minimum Gasteiger partial charge on any atom is -0.279 e. The van der Waals surface area contributed by atoms with Crippen molar-refractivity contribution in [3.05, 3.63) is 89.7 Å². The highest BCUT2D eigenvalue weighted by Crippen LogP contribution is 2.31. The van der Waals surface area contributed by atoms with Gasteiger partial charge < -0.3 is 0 Å². The largest absolute Gasteiger partial charge is 0.279 e. The number of amides is 1. The Labute approximate surface area is 202 Å². The second-order valence-corrected chi connectivity index (χ2v) is 10.5. The van der Waals surface area contributed by atoms with Gasteiger partial charge in [-0.2, -0.15) is 4.31 Å². The standard InChI is InChI=1S/C25H24FN3O3S2/c1-3-28(4-2)34(31,32)21-13-10-19(11-14-21)24(30)29(17-18-8-6-5-7-9-18)25-27-22-15-12-20(26)16-23(22)33-25/h5-16H,3-4,17H2,1-2H3. The van der Waals surface area contributed by atoms with E-state index < -0.39 is 10.0 Å². The predicted octanol–water partition coefficient (Wildman–Crippen LogP) is 5.31. The fourth-order valence-electron chi connectivity index (χ4n) is 3.63. The van der Waals surface area contributed by atoms with Gasteiger partial charge in [-0.1, -0.05) is 55.5 Å². The zero-order chi connectivity index (χ0) is 24.3. The van der Waals surface area contributed by atoms with Crippen LogP contribution in [0.25, 0.3) is 10.2 Å². The number of anilines is 1. The van der Waals surface area contributed by atoms with Gasteiger partial charge in [-0.3, -0.25) is 9.69 Å². The summed E-state index contributed by atoms with van der Waals surface area (Å²) in [5.41, 5.74) is 1.84. The Balaban J connectivity index is 1.70. The summed E-state index contributed by atoms with van der Waals surface area (Å²) in [6, 6.07) is 19.8. The smallest absolute Gasteiger partial charge is 0.260 e. The van der Waals surface area contributed by atoms with Crippen molar-refractivity contribution >= 4 is 42.6 Å². The lowest BCUT2D eigenvalue weighted by atomic mass is 10.1. The van der Waals surface area contributed by atoms with Gasteiger partial charge in [0, 0.05) is 18.7 Å². The van der Waals surface area contributed by atoms with Crippen molar-refractivity contribution in [2.24, 2.45) is 0 Å². The fraction of sp³-hybridized carbons (Fsp3) is 0.200. The van der Waals surface area contributed by atoms with Gasteiger partial charge in [0.15, 0.2) is 5.13 Å². The number of nitrogens with zero attached hydrogens (tertiary/aromatic N) is 3. The molecule has 34 heavy (non-hydrogen) atoms. The van der Waals surface area contributed by atoms with E-state index in [1.54, 1.807) is 19.9 Å². The first kappa shape index (κ1) is 24.0. The topological polar surface area (TPSA) is 70.6 Å². The molecule has 0 spiro atoms. The number of carbonyl (C=O) groups excluding carboxylic acids is 1. The van der Waals surface area contributed by atoms with E-state index in [9.17, 15) is 17.6 Å². The van der Waals surface area contributed by atoms with Gasteiger partial charge in [-0.05, 0) is 48.0 Å². The van der Waals surface area contributed by atoms with Crippen LogP contribution in [0.5, 0.6) is 0 Å². The molecule has 0 atom stereocenters. The van der Waals surface area contributed by atoms with Crippen molar-refractivity contribution in [3.8, 4) is 0 Å². The van der Waals surface area contributed by atoms with Gasteiger partial charge in [-0.15, -0.1) is 0 Å². The third-order valence-electron chi connectivity index (χ3n) is 5.44. The summed E-state index contributed by atoms with van der Waals surface area (Å²) < 4.78 is 41.3. The van der Waals surface area contributed by atoms with Crippen LogP contribution in [0.2, 0.25) is 0 Å². The quantitative estimate of drug-likeness (QED) is 0.331. The molecular weight excluding hydrogens is 473 g/mol. The second-order valence-electron chi connectivity index (χ2n) is 7.60. The first-order valence-electron chi connectivity index (χ1n) is 10.9. The Morgan fingerprint density at radius 2 is 1.65 bits per heavy atom. The van der Waals surface area contributed by atoms with Crippen LogP contribution in [-0.4, -0.2) is 36.7 Å². The molecule has 0 unspecified atom stereocenters. The van der Waals surface area contributed by atoms with Crippen molar-refractivity contribution in [1.29, 1.82) is 0 Å². The molecule has 0 aliphatic rings. The SMILES string of the molecule is CCN(CC)S(=O)(=O)c1ccc(C(=O)N(Cc2ccccc2)c2nc3ccc(F)cc3s2)cc1. The average Bonchev–Trinajstić information content (AvgIpc) is 3.26. The molecule has 0 fully saturated rings. The van der Waals surface area contributed by atoms with E-state index >= 15 is 0 Å². The van der Waals surface area contributed by atoms with Gasteiger partial charge in [-0.25, -0.2) is 17.8 Å². The molecule has 0 N–H and O–H groups in total. The average molecular weight is 498 g/mol. The number of sulfonamides is 1. The van der Waals surface area contributed by atoms with E-state index in [4.69, 9.17) is 0 Å². The van der Waals surface area contributed by atoms with E-state index in [0.717, 1.165) is 5.56 Å². The zero-order valence-corrected chi connectivity index (χ0v) is 20.4. The van der Waals surface area contributed by atoms with Crippen molar-refractivity contribution < 1.29 is 17.6 Å². The molecule has 0 saturated heterocycles. The number of halogens is 1. The maximum atomic E-state index is 13.7. The van der Waals surface area contributed by atoms with Gasteiger partial charge in [0.05, 0.1) is 21.7 Å². The second kappa shape index (κ2) is 10.0. The lowest BCUT2D eigenvalue weighted by molar-refractivity contribution is 0.0985. The summed E-state index contributed by atoms with van der Waals surface area (Å²) in [5.74, 6) is -0.691. The van der Waals surface area contributed by atoms with E-state index in [2.05, 4.69) is 4.98 Å². The number of benzene rings is 3. The molecule has 0 radical (unpaired) electrons. The molecule has 3 aromatic carbocycles. The predicted molar refractivity (Wildman–Crippen MR) is 133 cm³/mol. The summed E-state index contributed by atoms with van der Waals surface area (Å²) in [5, 5.41) is 0.439. The molecule has 9 heteroatoms. The van der Waals surface area contributed by atoms with Crippen LogP contribution in [0.1, 0.15) is 29.8 Å². The molecule has 4 aromatic rings. The number of rotatable bonds is 8. The lowest BCUT2D eigenvalue weighted by Crippen LogP contribution is -2.31. The van der Waals surface area contributed by atoms with Gasteiger partial charge in [0.1, 0.15) is 5.82 Å². The Hall–Kier alpha value is -3.14. The molecule has 1 amide bonds. The maximum absolute atomic E-state index is 13.7. The number of carbonyl (C=O) groups is 1. The van der Waals surface area contributed by atoms with E-state index in [-0.39, 0.29) is 23.2 Å². The van der Waals surface area contributed by atoms with Crippen LogP contribution in [0, 0.1) is 5.82 Å². The number of thiazole rings is 1. The van der Waals surface area contributed by atoms with Gasteiger partial charge in [0.2, 0.25) is 10.0 Å². The lowest BCUT2D eigenvalue weighted by Gasteiger charge is -2.21. The van der Waals surface area contributed by atoms with Crippen molar-refractivity contribution in [3.63, 3.8) is 0 Å². The first-order valence-corrected chi connectivity index (χ1v) is 13.1. The molecule has 0 bridgehead atoms. The Morgan fingerprint density at radius 1 is 0.971 bits per heavy atom. The van der Waals surface area contributed by atoms with Crippen LogP contribution in [0.4, 0.5) is 9.52 Å². The Morgan fingerprint density at radius 3 is 2.29 bits per heavy atom. The third-order valence-corrected chi connectivity index (χ3v) is 8.55. The Bertz CT molecular complexity index is 1400. The molecule has 0 aliphatic heterocycles. The number of aromatic nitrogens is 1. The van der Waals surface area contributed by atoms with Crippen LogP contribution >= 0.6 is 11.3 Å².